The zero-order valence-corrected chi connectivity index (χ0v) is 13.1. The summed E-state index contributed by atoms with van der Waals surface area (Å²) in [6, 6.07) is 14.4. The largest absolute Gasteiger partial charge is 0.507 e. The Morgan fingerprint density at radius 3 is 2.48 bits per heavy atom. The Morgan fingerprint density at radius 2 is 1.83 bits per heavy atom. The van der Waals surface area contributed by atoms with Gasteiger partial charge in [0.05, 0.1) is 5.56 Å². The Labute approximate surface area is 135 Å². The first-order chi connectivity index (χ1) is 11.1. The molecule has 23 heavy (non-hydrogen) atoms. The van der Waals surface area contributed by atoms with Gasteiger partial charge in [-0.15, -0.1) is 0 Å². The third kappa shape index (κ3) is 4.71. The van der Waals surface area contributed by atoms with Crippen molar-refractivity contribution in [2.75, 3.05) is 19.0 Å². The number of anilines is 1. The molecule has 2 rings (SSSR count). The fraction of sp³-hybridized carbons (Fsp3) is 0.111. The van der Waals surface area contributed by atoms with Crippen LogP contribution in [0.2, 0.25) is 0 Å². The molecule has 118 valence electrons. The first kappa shape index (κ1) is 16.3. The number of nitrogens with one attached hydrogen (secondary N) is 1. The molecule has 0 spiro atoms. The molecule has 5 nitrogen and oxygen atoms in total. The van der Waals surface area contributed by atoms with Crippen molar-refractivity contribution in [3.8, 4) is 5.75 Å². The number of benzene rings is 2. The molecule has 1 amide bonds. The number of carbonyl (C=O) groups excluding carboxylic acids is 1. The highest BCUT2D eigenvalue weighted by Crippen LogP contribution is 2.15. The summed E-state index contributed by atoms with van der Waals surface area (Å²) in [4.78, 5) is 13.8. The van der Waals surface area contributed by atoms with Crippen LogP contribution in [0.4, 0.5) is 5.69 Å². The van der Waals surface area contributed by atoms with Crippen molar-refractivity contribution in [2.24, 2.45) is 5.10 Å². The normalized spacial score (nSPS) is 11.0. The quantitative estimate of drug-likeness (QED) is 0.659. The number of hydrazone groups is 1. The van der Waals surface area contributed by atoms with Crippen molar-refractivity contribution in [1.82, 2.24) is 5.43 Å². The van der Waals surface area contributed by atoms with Crippen LogP contribution < -0.4 is 10.3 Å². The van der Waals surface area contributed by atoms with Gasteiger partial charge in [0.1, 0.15) is 5.75 Å². The molecule has 0 fully saturated rings. The van der Waals surface area contributed by atoms with E-state index >= 15 is 0 Å². The molecule has 2 N–H and O–H groups in total. The summed E-state index contributed by atoms with van der Waals surface area (Å²) in [5.41, 5.74) is 4.72. The van der Waals surface area contributed by atoms with Crippen molar-refractivity contribution >= 4 is 23.9 Å². The predicted molar refractivity (Wildman–Crippen MR) is 93.9 cm³/mol. The van der Waals surface area contributed by atoms with E-state index in [1.165, 1.54) is 18.3 Å². The van der Waals surface area contributed by atoms with Gasteiger partial charge in [0.2, 0.25) is 0 Å². The number of hydrogen-bond donors (Lipinski definition) is 2. The maximum atomic E-state index is 11.8. The Kier molecular flexibility index (Phi) is 5.52. The first-order valence-corrected chi connectivity index (χ1v) is 7.13. The zero-order valence-electron chi connectivity index (χ0n) is 13.1. The fourth-order valence-corrected chi connectivity index (χ4v) is 1.90. The van der Waals surface area contributed by atoms with Gasteiger partial charge in [-0.2, -0.15) is 5.10 Å². The van der Waals surface area contributed by atoms with Crippen molar-refractivity contribution in [2.45, 2.75) is 0 Å². The molecule has 5 heteroatoms. The number of nitrogens with zero attached hydrogens (tertiary/aromatic N) is 2. The molecule has 0 aliphatic heterocycles. The van der Waals surface area contributed by atoms with Crippen molar-refractivity contribution in [1.29, 1.82) is 0 Å². The summed E-state index contributed by atoms with van der Waals surface area (Å²) in [6.45, 7) is 0. The molecule has 0 aliphatic carbocycles. The van der Waals surface area contributed by atoms with Gasteiger partial charge in [-0.05, 0) is 35.9 Å². The average molecular weight is 309 g/mol. The summed E-state index contributed by atoms with van der Waals surface area (Å²) >= 11 is 0. The van der Waals surface area contributed by atoms with E-state index in [1.807, 2.05) is 49.3 Å². The van der Waals surface area contributed by atoms with E-state index in [0.717, 1.165) is 11.3 Å². The second kappa shape index (κ2) is 7.79. The van der Waals surface area contributed by atoms with Crippen LogP contribution in [0.25, 0.3) is 6.08 Å². The number of para-hydroxylation sites is 1. The molecule has 0 aliphatic rings. The highest BCUT2D eigenvalue weighted by Gasteiger charge is 2.08. The molecular weight excluding hydrogens is 290 g/mol. The highest BCUT2D eigenvalue weighted by atomic mass is 16.3. The van der Waals surface area contributed by atoms with Crippen LogP contribution in [-0.2, 0) is 0 Å². The van der Waals surface area contributed by atoms with E-state index in [0.29, 0.717) is 0 Å². The van der Waals surface area contributed by atoms with Gasteiger partial charge in [0.25, 0.3) is 5.91 Å². The molecule has 0 heterocycles. The first-order valence-electron chi connectivity index (χ1n) is 7.13. The smallest absolute Gasteiger partial charge is 0.275 e. The Balaban J connectivity index is 1.89. The topological polar surface area (TPSA) is 64.9 Å². The summed E-state index contributed by atoms with van der Waals surface area (Å²) in [5, 5.41) is 13.4. The third-order valence-corrected chi connectivity index (χ3v) is 3.17. The average Bonchev–Trinajstić information content (AvgIpc) is 2.55. The second-order valence-corrected chi connectivity index (χ2v) is 5.08. The van der Waals surface area contributed by atoms with Crippen LogP contribution in [-0.4, -0.2) is 31.3 Å². The van der Waals surface area contributed by atoms with E-state index in [1.54, 1.807) is 18.2 Å². The number of hydrogen-bond acceptors (Lipinski definition) is 4. The lowest BCUT2D eigenvalue weighted by Crippen LogP contribution is -2.17. The minimum atomic E-state index is -0.455. The molecule has 0 saturated carbocycles. The second-order valence-electron chi connectivity index (χ2n) is 5.08. The number of carbonyl (C=O) groups is 1. The molecule has 0 unspecified atom stereocenters. The minimum absolute atomic E-state index is 0.0725. The minimum Gasteiger partial charge on any atom is -0.507 e. The number of phenolic OH excluding ortho intramolecular Hbond substituents is 1. The van der Waals surface area contributed by atoms with Crippen LogP contribution in [0, 0.1) is 0 Å². The van der Waals surface area contributed by atoms with Crippen LogP contribution in [0.1, 0.15) is 15.9 Å². The predicted octanol–water partition coefficient (Wildman–Crippen LogP) is 2.89. The van der Waals surface area contributed by atoms with E-state index in [4.69, 9.17) is 0 Å². The molecule has 0 saturated heterocycles. The number of rotatable bonds is 5. The van der Waals surface area contributed by atoms with Gasteiger partial charge in [-0.1, -0.05) is 30.3 Å². The van der Waals surface area contributed by atoms with Crippen LogP contribution in [0.15, 0.2) is 59.7 Å². The van der Waals surface area contributed by atoms with Gasteiger partial charge < -0.3 is 10.0 Å². The third-order valence-electron chi connectivity index (χ3n) is 3.17. The number of phenols is 1. The maximum absolute atomic E-state index is 11.8. The standard InChI is InChI=1S/C18H19N3O2/c1-21(2)15-11-9-14(10-12-15)6-5-13-19-20-18(23)16-7-3-4-8-17(16)22/h3-13,22H,1-2H3,(H,20,23)/b6-5+,19-13-. The Hall–Kier alpha value is -3.08. The van der Waals surface area contributed by atoms with Gasteiger partial charge >= 0.3 is 0 Å². The monoisotopic (exact) mass is 309 g/mol. The van der Waals surface area contributed by atoms with E-state index in [-0.39, 0.29) is 11.3 Å². The van der Waals surface area contributed by atoms with Crippen LogP contribution >= 0.6 is 0 Å². The summed E-state index contributed by atoms with van der Waals surface area (Å²) in [5.74, 6) is -0.528. The maximum Gasteiger partial charge on any atom is 0.275 e. The molecule has 0 aromatic heterocycles. The summed E-state index contributed by atoms with van der Waals surface area (Å²) < 4.78 is 0. The number of aromatic hydroxyl groups is 1. The van der Waals surface area contributed by atoms with Crippen molar-refractivity contribution < 1.29 is 9.90 Å². The number of allylic oxidation sites excluding steroid dienone is 1. The summed E-state index contributed by atoms with van der Waals surface area (Å²) in [6.07, 6.45) is 5.10. The lowest BCUT2D eigenvalue weighted by Gasteiger charge is -2.11. The Bertz CT molecular complexity index is 719. The molecule has 2 aromatic rings. The SMILES string of the molecule is CN(C)c1ccc(/C=C/C=N\NC(=O)c2ccccc2O)cc1. The molecule has 2 aromatic carbocycles. The molecule has 0 atom stereocenters. The van der Waals surface area contributed by atoms with E-state index in [9.17, 15) is 9.90 Å². The van der Waals surface area contributed by atoms with Gasteiger partial charge in [-0.25, -0.2) is 5.43 Å². The van der Waals surface area contributed by atoms with Crippen LogP contribution in [0.3, 0.4) is 0 Å². The van der Waals surface area contributed by atoms with Gasteiger partial charge in [-0.3, -0.25) is 4.79 Å². The molecular formula is C18H19N3O2. The van der Waals surface area contributed by atoms with Gasteiger partial charge in [0.15, 0.2) is 0 Å². The summed E-state index contributed by atoms with van der Waals surface area (Å²) in [7, 11) is 3.98. The highest BCUT2D eigenvalue weighted by molar-refractivity contribution is 5.97. The van der Waals surface area contributed by atoms with E-state index in [2.05, 4.69) is 10.5 Å². The Morgan fingerprint density at radius 1 is 1.13 bits per heavy atom. The lowest BCUT2D eigenvalue weighted by molar-refractivity contribution is 0.0952. The fourth-order valence-electron chi connectivity index (χ4n) is 1.90. The van der Waals surface area contributed by atoms with Crippen molar-refractivity contribution in [3.63, 3.8) is 0 Å². The van der Waals surface area contributed by atoms with E-state index < -0.39 is 5.91 Å². The van der Waals surface area contributed by atoms with Crippen molar-refractivity contribution in [3.05, 3.63) is 65.7 Å². The van der Waals surface area contributed by atoms with Gasteiger partial charge in [0, 0.05) is 26.0 Å². The number of amides is 1. The molecule has 0 bridgehead atoms. The zero-order chi connectivity index (χ0) is 16.7. The van der Waals surface area contributed by atoms with Crippen LogP contribution in [0.5, 0.6) is 5.75 Å². The lowest BCUT2D eigenvalue weighted by atomic mass is 10.2. The molecule has 0 radical (unpaired) electrons.